The van der Waals surface area contributed by atoms with Crippen LogP contribution in [0.5, 0.6) is 0 Å². The maximum absolute atomic E-state index is 8.84. The Hall–Kier alpha value is -1.37. The van der Waals surface area contributed by atoms with E-state index in [4.69, 9.17) is 10.1 Å². The lowest BCUT2D eigenvalue weighted by molar-refractivity contribution is -0.187. The fraction of sp³-hybridized carbons (Fsp3) is 0.562. The molecular formula is C16H22N2O. The molecule has 0 N–H and O–H groups in total. The van der Waals surface area contributed by atoms with Gasteiger partial charge in [-0.05, 0) is 30.0 Å². The van der Waals surface area contributed by atoms with E-state index in [-0.39, 0.29) is 17.1 Å². The van der Waals surface area contributed by atoms with Crippen LogP contribution >= 0.6 is 0 Å². The molecule has 1 aromatic rings. The number of nitriles is 1. The van der Waals surface area contributed by atoms with Gasteiger partial charge < -0.3 is 0 Å². The molecule has 1 aromatic carbocycles. The third kappa shape index (κ3) is 2.39. The van der Waals surface area contributed by atoms with Crippen molar-refractivity contribution in [3.05, 3.63) is 35.4 Å². The molecule has 0 spiro atoms. The van der Waals surface area contributed by atoms with E-state index in [1.807, 2.05) is 36.4 Å². The summed E-state index contributed by atoms with van der Waals surface area (Å²) < 4.78 is 0. The maximum atomic E-state index is 8.84. The second kappa shape index (κ2) is 4.63. The molecule has 0 unspecified atom stereocenters. The van der Waals surface area contributed by atoms with Crippen LogP contribution in [0.25, 0.3) is 0 Å². The Labute approximate surface area is 115 Å². The first-order chi connectivity index (χ1) is 8.78. The summed E-state index contributed by atoms with van der Waals surface area (Å²) in [6.07, 6.45) is 1.03. The number of benzene rings is 1. The second-order valence-electron chi connectivity index (χ2n) is 6.55. The first-order valence-electron chi connectivity index (χ1n) is 6.68. The molecule has 102 valence electrons. The van der Waals surface area contributed by atoms with Crippen LogP contribution in [0.2, 0.25) is 0 Å². The zero-order chi connectivity index (χ0) is 14.3. The third-order valence-corrected chi connectivity index (χ3v) is 4.59. The van der Waals surface area contributed by atoms with Gasteiger partial charge >= 0.3 is 0 Å². The molecule has 0 aromatic heterocycles. The highest BCUT2D eigenvalue weighted by Gasteiger charge is 2.49. The molecular weight excluding hydrogens is 236 g/mol. The maximum Gasteiger partial charge on any atom is 0.106 e. The van der Waals surface area contributed by atoms with Gasteiger partial charge in [0.25, 0.3) is 0 Å². The van der Waals surface area contributed by atoms with Crippen molar-refractivity contribution in [3.63, 3.8) is 0 Å². The molecule has 0 aliphatic carbocycles. The Morgan fingerprint density at radius 3 is 2.32 bits per heavy atom. The van der Waals surface area contributed by atoms with Crippen LogP contribution in [0.1, 0.15) is 51.3 Å². The average Bonchev–Trinajstić information content (AvgIpc) is 2.67. The van der Waals surface area contributed by atoms with Crippen LogP contribution in [0.3, 0.4) is 0 Å². The number of nitrogens with zero attached hydrogens (tertiary/aromatic N) is 2. The summed E-state index contributed by atoms with van der Waals surface area (Å²) in [7, 11) is 2.01. The zero-order valence-corrected chi connectivity index (χ0v) is 12.4. The molecule has 1 aliphatic heterocycles. The van der Waals surface area contributed by atoms with Crippen LogP contribution in [-0.4, -0.2) is 17.6 Å². The predicted molar refractivity (Wildman–Crippen MR) is 75.2 cm³/mol. The average molecular weight is 258 g/mol. The van der Waals surface area contributed by atoms with Crippen molar-refractivity contribution >= 4 is 0 Å². The van der Waals surface area contributed by atoms with Gasteiger partial charge in [-0.15, -0.1) is 0 Å². The second-order valence-corrected chi connectivity index (χ2v) is 6.55. The van der Waals surface area contributed by atoms with E-state index in [2.05, 4.69) is 33.8 Å². The van der Waals surface area contributed by atoms with Crippen molar-refractivity contribution in [2.45, 2.75) is 45.8 Å². The van der Waals surface area contributed by atoms with Crippen molar-refractivity contribution in [1.29, 1.82) is 5.26 Å². The van der Waals surface area contributed by atoms with Crippen LogP contribution in [0.4, 0.5) is 0 Å². The first-order valence-corrected chi connectivity index (χ1v) is 6.68. The van der Waals surface area contributed by atoms with E-state index in [9.17, 15) is 0 Å². The number of hydrogen-bond acceptors (Lipinski definition) is 3. The Morgan fingerprint density at radius 1 is 1.32 bits per heavy atom. The van der Waals surface area contributed by atoms with Crippen LogP contribution in [0, 0.1) is 16.7 Å². The van der Waals surface area contributed by atoms with Gasteiger partial charge in [-0.3, -0.25) is 4.84 Å². The largest absolute Gasteiger partial charge is 0.291 e. The Balaban J connectivity index is 2.23. The summed E-state index contributed by atoms with van der Waals surface area (Å²) >= 11 is 0. The van der Waals surface area contributed by atoms with Crippen LogP contribution < -0.4 is 0 Å². The molecule has 1 heterocycles. The standard InChI is InChI=1S/C16H22N2O/c1-15(2,3)16(4)10-14(19-18(16)5)13-8-6-12(11-17)7-9-13/h6-9,14H,10H2,1-5H3/t14-,16+/m0/s1. The van der Waals surface area contributed by atoms with Gasteiger partial charge in [0.05, 0.1) is 17.2 Å². The minimum Gasteiger partial charge on any atom is -0.291 e. The van der Waals surface area contributed by atoms with Gasteiger partial charge in [0.2, 0.25) is 0 Å². The fourth-order valence-corrected chi connectivity index (χ4v) is 2.56. The van der Waals surface area contributed by atoms with E-state index in [0.717, 1.165) is 12.0 Å². The van der Waals surface area contributed by atoms with Gasteiger partial charge in [0.15, 0.2) is 0 Å². The summed E-state index contributed by atoms with van der Waals surface area (Å²) in [6, 6.07) is 9.83. The van der Waals surface area contributed by atoms with Crippen molar-refractivity contribution in [2.24, 2.45) is 5.41 Å². The minimum absolute atomic E-state index is 0.00552. The number of rotatable bonds is 1. The SMILES string of the molecule is CN1O[C@H](c2ccc(C#N)cc2)C[C@]1(C)C(C)(C)C. The molecule has 2 atom stereocenters. The summed E-state index contributed by atoms with van der Waals surface area (Å²) in [5.74, 6) is 0. The molecule has 3 nitrogen and oxygen atoms in total. The van der Waals surface area contributed by atoms with Crippen molar-refractivity contribution in [3.8, 4) is 6.07 Å². The van der Waals surface area contributed by atoms with E-state index in [1.165, 1.54) is 0 Å². The molecule has 1 saturated heterocycles. The summed E-state index contributed by atoms with van der Waals surface area (Å²) in [6.45, 7) is 8.98. The van der Waals surface area contributed by atoms with E-state index < -0.39 is 0 Å². The van der Waals surface area contributed by atoms with Gasteiger partial charge in [-0.25, -0.2) is 0 Å². The van der Waals surface area contributed by atoms with Crippen molar-refractivity contribution in [2.75, 3.05) is 7.05 Å². The van der Waals surface area contributed by atoms with E-state index in [0.29, 0.717) is 5.56 Å². The molecule has 3 heteroatoms. The van der Waals surface area contributed by atoms with Gasteiger partial charge in [-0.2, -0.15) is 10.3 Å². The normalized spacial score (nSPS) is 28.3. The highest BCUT2D eigenvalue weighted by atomic mass is 16.7. The van der Waals surface area contributed by atoms with Crippen molar-refractivity contribution in [1.82, 2.24) is 5.06 Å². The van der Waals surface area contributed by atoms with Crippen molar-refractivity contribution < 1.29 is 4.84 Å². The quantitative estimate of drug-likeness (QED) is 0.771. The molecule has 19 heavy (non-hydrogen) atoms. The molecule has 2 rings (SSSR count). The topological polar surface area (TPSA) is 36.3 Å². The van der Waals surface area contributed by atoms with E-state index in [1.54, 1.807) is 0 Å². The Bertz CT molecular complexity index is 495. The lowest BCUT2D eigenvalue weighted by Crippen LogP contribution is -2.48. The summed E-state index contributed by atoms with van der Waals surface area (Å²) in [5.41, 5.74) is 1.97. The molecule has 0 amide bonds. The smallest absolute Gasteiger partial charge is 0.106 e. The van der Waals surface area contributed by atoms with Crippen LogP contribution in [0.15, 0.2) is 24.3 Å². The van der Waals surface area contributed by atoms with Gasteiger partial charge in [0, 0.05) is 13.5 Å². The predicted octanol–water partition coefficient (Wildman–Crippen LogP) is 3.67. The number of hydroxylamine groups is 2. The Kier molecular flexibility index (Phi) is 3.42. The highest BCUT2D eigenvalue weighted by molar-refractivity contribution is 5.33. The zero-order valence-electron chi connectivity index (χ0n) is 12.4. The molecule has 1 aliphatic rings. The lowest BCUT2D eigenvalue weighted by Gasteiger charge is -2.42. The minimum atomic E-state index is 0.00552. The Morgan fingerprint density at radius 2 is 1.89 bits per heavy atom. The monoisotopic (exact) mass is 258 g/mol. The first kappa shape index (κ1) is 14.0. The number of hydrogen-bond donors (Lipinski definition) is 0. The van der Waals surface area contributed by atoms with Gasteiger partial charge in [-0.1, -0.05) is 32.9 Å². The third-order valence-electron chi connectivity index (χ3n) is 4.59. The molecule has 0 radical (unpaired) electrons. The lowest BCUT2D eigenvalue weighted by atomic mass is 9.72. The molecule has 0 saturated carbocycles. The van der Waals surface area contributed by atoms with Crippen LogP contribution in [-0.2, 0) is 4.84 Å². The highest BCUT2D eigenvalue weighted by Crippen LogP contribution is 2.48. The van der Waals surface area contributed by atoms with E-state index >= 15 is 0 Å². The fourth-order valence-electron chi connectivity index (χ4n) is 2.56. The van der Waals surface area contributed by atoms with Gasteiger partial charge in [0.1, 0.15) is 6.10 Å². The summed E-state index contributed by atoms with van der Waals surface area (Å²) in [4.78, 5) is 6.01. The summed E-state index contributed by atoms with van der Waals surface area (Å²) in [5, 5.41) is 10.8. The molecule has 1 fully saturated rings. The molecule has 0 bridgehead atoms.